The summed E-state index contributed by atoms with van der Waals surface area (Å²) in [5.41, 5.74) is 0.850. The maximum Gasteiger partial charge on any atom is 0.338 e. The Balaban J connectivity index is 2.04. The summed E-state index contributed by atoms with van der Waals surface area (Å²) in [6.07, 6.45) is 0. The molecule has 0 radical (unpaired) electrons. The molecule has 152 valence electrons. The number of nitro benzene ring substituents is 1. The number of hydrogen-bond acceptors (Lipinski definition) is 7. The Morgan fingerprint density at radius 2 is 1.83 bits per heavy atom. The van der Waals surface area contributed by atoms with Gasteiger partial charge in [-0.25, -0.2) is 4.79 Å². The Morgan fingerprint density at radius 3 is 2.45 bits per heavy atom. The van der Waals surface area contributed by atoms with E-state index in [1.54, 1.807) is 19.1 Å². The number of methoxy groups -OCH3 is 1. The minimum atomic E-state index is -0.873. The van der Waals surface area contributed by atoms with Gasteiger partial charge in [-0.2, -0.15) is 0 Å². The molecule has 0 aliphatic heterocycles. The van der Waals surface area contributed by atoms with Gasteiger partial charge in [0.25, 0.3) is 11.6 Å². The molecule has 0 aliphatic carbocycles. The van der Waals surface area contributed by atoms with Gasteiger partial charge in [0.15, 0.2) is 6.61 Å². The standard InChI is InChI=1S/C19H19N3O7/c1-11-4-5-13(8-16(11)22(26)27)19(25)29-10-18(24)21-15-9-14(20-12(2)23)6-7-17(15)28-3/h4-9H,10H2,1-3H3,(H,20,23)(H,21,24). The topological polar surface area (TPSA) is 137 Å². The number of aryl methyl sites for hydroxylation is 1. The van der Waals surface area contributed by atoms with E-state index in [0.717, 1.165) is 6.07 Å². The van der Waals surface area contributed by atoms with Gasteiger partial charge in [-0.15, -0.1) is 0 Å². The van der Waals surface area contributed by atoms with E-state index in [4.69, 9.17) is 9.47 Å². The summed E-state index contributed by atoms with van der Waals surface area (Å²) in [5, 5.41) is 16.1. The quantitative estimate of drug-likeness (QED) is 0.413. The molecule has 10 nitrogen and oxygen atoms in total. The van der Waals surface area contributed by atoms with Crippen molar-refractivity contribution >= 4 is 34.8 Å². The summed E-state index contributed by atoms with van der Waals surface area (Å²) >= 11 is 0. The second kappa shape index (κ2) is 9.31. The number of nitrogens with one attached hydrogen (secondary N) is 2. The number of nitrogens with zero attached hydrogens (tertiary/aromatic N) is 1. The Bertz CT molecular complexity index is 972. The first-order valence-electron chi connectivity index (χ1n) is 8.39. The highest BCUT2D eigenvalue weighted by Crippen LogP contribution is 2.28. The lowest BCUT2D eigenvalue weighted by molar-refractivity contribution is -0.385. The van der Waals surface area contributed by atoms with Crippen LogP contribution in [-0.2, 0) is 14.3 Å². The van der Waals surface area contributed by atoms with Crippen molar-refractivity contribution in [2.75, 3.05) is 24.4 Å². The van der Waals surface area contributed by atoms with Crippen LogP contribution in [0.3, 0.4) is 0 Å². The van der Waals surface area contributed by atoms with Crippen LogP contribution in [0.1, 0.15) is 22.8 Å². The van der Waals surface area contributed by atoms with E-state index >= 15 is 0 Å². The highest BCUT2D eigenvalue weighted by Gasteiger charge is 2.17. The lowest BCUT2D eigenvalue weighted by Crippen LogP contribution is -2.21. The van der Waals surface area contributed by atoms with E-state index in [1.807, 2.05) is 0 Å². The van der Waals surface area contributed by atoms with E-state index in [-0.39, 0.29) is 22.8 Å². The van der Waals surface area contributed by atoms with Crippen LogP contribution in [-0.4, -0.2) is 36.4 Å². The molecule has 29 heavy (non-hydrogen) atoms. The third-order valence-corrected chi connectivity index (χ3v) is 3.77. The highest BCUT2D eigenvalue weighted by molar-refractivity contribution is 5.97. The molecule has 0 saturated carbocycles. The summed E-state index contributed by atoms with van der Waals surface area (Å²) in [6, 6.07) is 8.53. The van der Waals surface area contributed by atoms with Gasteiger partial charge < -0.3 is 20.1 Å². The van der Waals surface area contributed by atoms with Crippen molar-refractivity contribution in [3.63, 3.8) is 0 Å². The number of carbonyl (C=O) groups is 3. The smallest absolute Gasteiger partial charge is 0.338 e. The number of carbonyl (C=O) groups excluding carboxylic acids is 3. The van der Waals surface area contributed by atoms with Gasteiger partial charge in [0.05, 0.1) is 23.3 Å². The predicted molar refractivity (Wildman–Crippen MR) is 104 cm³/mol. The molecule has 10 heteroatoms. The molecule has 2 aromatic rings. The van der Waals surface area contributed by atoms with Crippen molar-refractivity contribution in [2.24, 2.45) is 0 Å². The number of anilines is 2. The first-order valence-corrected chi connectivity index (χ1v) is 8.39. The van der Waals surface area contributed by atoms with E-state index in [9.17, 15) is 24.5 Å². The van der Waals surface area contributed by atoms with Crippen molar-refractivity contribution in [2.45, 2.75) is 13.8 Å². The first-order chi connectivity index (χ1) is 13.7. The van der Waals surface area contributed by atoms with Crippen molar-refractivity contribution < 1.29 is 28.8 Å². The average Bonchev–Trinajstić information content (AvgIpc) is 2.66. The second-order valence-electron chi connectivity index (χ2n) is 5.98. The molecule has 0 heterocycles. The van der Waals surface area contributed by atoms with Crippen molar-refractivity contribution in [3.05, 3.63) is 57.6 Å². The van der Waals surface area contributed by atoms with Crippen LogP contribution in [0, 0.1) is 17.0 Å². The number of ether oxygens (including phenoxy) is 2. The van der Waals surface area contributed by atoms with E-state index in [2.05, 4.69) is 10.6 Å². The van der Waals surface area contributed by atoms with Crippen LogP contribution in [0.5, 0.6) is 5.75 Å². The van der Waals surface area contributed by atoms with Gasteiger partial charge in [-0.05, 0) is 31.2 Å². The molecule has 2 amide bonds. The molecule has 2 rings (SSSR count). The van der Waals surface area contributed by atoms with Crippen LogP contribution in [0.4, 0.5) is 17.1 Å². The third-order valence-electron chi connectivity index (χ3n) is 3.77. The number of hydrogen-bond donors (Lipinski definition) is 2. The van der Waals surface area contributed by atoms with Crippen LogP contribution in [0.15, 0.2) is 36.4 Å². The van der Waals surface area contributed by atoms with Gasteiger partial charge in [0.2, 0.25) is 5.91 Å². The Morgan fingerprint density at radius 1 is 1.10 bits per heavy atom. The molecular weight excluding hydrogens is 382 g/mol. The third kappa shape index (κ3) is 5.76. The summed E-state index contributed by atoms with van der Waals surface area (Å²) in [5.74, 6) is -1.47. The number of nitro groups is 1. The zero-order chi connectivity index (χ0) is 21.6. The molecule has 0 saturated heterocycles. The van der Waals surface area contributed by atoms with Gasteiger partial charge in [-0.3, -0.25) is 19.7 Å². The van der Waals surface area contributed by atoms with E-state index < -0.39 is 23.4 Å². The number of esters is 1. The molecule has 0 fully saturated rings. The van der Waals surface area contributed by atoms with E-state index in [0.29, 0.717) is 17.0 Å². The SMILES string of the molecule is COc1ccc(NC(C)=O)cc1NC(=O)COC(=O)c1ccc(C)c([N+](=O)[O-])c1. The highest BCUT2D eigenvalue weighted by atomic mass is 16.6. The molecule has 0 spiro atoms. The predicted octanol–water partition coefficient (Wildman–Crippen LogP) is 2.67. The summed E-state index contributed by atoms with van der Waals surface area (Å²) in [4.78, 5) is 45.8. The minimum Gasteiger partial charge on any atom is -0.495 e. The van der Waals surface area contributed by atoms with Crippen LogP contribution < -0.4 is 15.4 Å². The monoisotopic (exact) mass is 401 g/mol. The fourth-order valence-corrected chi connectivity index (χ4v) is 2.42. The molecule has 2 aromatic carbocycles. The largest absolute Gasteiger partial charge is 0.495 e. The van der Waals surface area contributed by atoms with Crippen LogP contribution in [0.2, 0.25) is 0 Å². The molecule has 0 bridgehead atoms. The summed E-state index contributed by atoms with van der Waals surface area (Å²) in [7, 11) is 1.41. The number of benzene rings is 2. The zero-order valence-corrected chi connectivity index (χ0v) is 16.0. The van der Waals surface area contributed by atoms with Gasteiger partial charge in [0, 0.05) is 24.2 Å². The molecule has 0 aliphatic rings. The molecule has 2 N–H and O–H groups in total. The van der Waals surface area contributed by atoms with Gasteiger partial charge in [0.1, 0.15) is 5.75 Å². The van der Waals surface area contributed by atoms with Crippen LogP contribution in [0.25, 0.3) is 0 Å². The second-order valence-corrected chi connectivity index (χ2v) is 5.98. The average molecular weight is 401 g/mol. The van der Waals surface area contributed by atoms with Gasteiger partial charge >= 0.3 is 5.97 Å². The Labute approximate surface area is 166 Å². The fourth-order valence-electron chi connectivity index (χ4n) is 2.42. The molecule has 0 atom stereocenters. The molecular formula is C19H19N3O7. The maximum atomic E-state index is 12.1. The van der Waals surface area contributed by atoms with Gasteiger partial charge in [-0.1, -0.05) is 6.07 Å². The summed E-state index contributed by atoms with van der Waals surface area (Å²) in [6.45, 7) is 2.27. The van der Waals surface area contributed by atoms with E-state index in [1.165, 1.54) is 32.2 Å². The lowest BCUT2D eigenvalue weighted by atomic mass is 10.1. The summed E-state index contributed by atoms with van der Waals surface area (Å²) < 4.78 is 10.1. The lowest BCUT2D eigenvalue weighted by Gasteiger charge is -2.12. The van der Waals surface area contributed by atoms with Crippen molar-refractivity contribution in [1.82, 2.24) is 0 Å². The zero-order valence-electron chi connectivity index (χ0n) is 16.0. The molecule has 0 aromatic heterocycles. The normalized spacial score (nSPS) is 10.0. The maximum absolute atomic E-state index is 12.1. The Kier molecular flexibility index (Phi) is 6.85. The minimum absolute atomic E-state index is 0.0414. The number of amides is 2. The Hall–Kier alpha value is -3.95. The first kappa shape index (κ1) is 21.4. The number of rotatable bonds is 7. The fraction of sp³-hybridized carbons (Fsp3) is 0.211. The molecule has 0 unspecified atom stereocenters. The van der Waals surface area contributed by atoms with Crippen LogP contribution >= 0.6 is 0 Å². The van der Waals surface area contributed by atoms with Crippen molar-refractivity contribution in [3.8, 4) is 5.75 Å². The van der Waals surface area contributed by atoms with Crippen molar-refractivity contribution in [1.29, 1.82) is 0 Å².